The van der Waals surface area contributed by atoms with E-state index in [1.807, 2.05) is 24.4 Å². The van der Waals surface area contributed by atoms with Gasteiger partial charge in [0.2, 0.25) is 0 Å². The first-order chi connectivity index (χ1) is 23.5. The van der Waals surface area contributed by atoms with Crippen molar-refractivity contribution in [2.24, 2.45) is 11.8 Å². The van der Waals surface area contributed by atoms with Gasteiger partial charge in [0.15, 0.2) is 5.11 Å². The van der Waals surface area contributed by atoms with Crippen LogP contribution in [0.5, 0.6) is 5.75 Å². The van der Waals surface area contributed by atoms with Crippen LogP contribution in [0, 0.1) is 11.8 Å². The molecule has 0 spiro atoms. The molecule has 6 aromatic rings. The van der Waals surface area contributed by atoms with Crippen LogP contribution in [-0.2, 0) is 0 Å². The molecule has 3 aliphatic rings. The van der Waals surface area contributed by atoms with Crippen molar-refractivity contribution in [3.63, 3.8) is 0 Å². The van der Waals surface area contributed by atoms with Crippen molar-refractivity contribution < 1.29 is 4.74 Å². The van der Waals surface area contributed by atoms with E-state index in [0.717, 1.165) is 92.0 Å². The highest BCUT2D eigenvalue weighted by Crippen LogP contribution is 2.45. The van der Waals surface area contributed by atoms with Gasteiger partial charge >= 0.3 is 0 Å². The van der Waals surface area contributed by atoms with E-state index in [2.05, 4.69) is 101 Å². The number of anilines is 2. The van der Waals surface area contributed by atoms with Crippen molar-refractivity contribution in [3.05, 3.63) is 109 Å². The molecule has 242 valence electrons. The fourth-order valence-electron chi connectivity index (χ4n) is 8.43. The second-order valence-electron chi connectivity index (χ2n) is 13.3. The molecule has 7 heteroatoms. The third kappa shape index (κ3) is 5.41. The Hall–Kier alpha value is -4.72. The number of hydrogen-bond donors (Lipinski definition) is 3. The fourth-order valence-corrected chi connectivity index (χ4v) is 8.66. The number of nitrogen functional groups attached to an aromatic ring is 1. The van der Waals surface area contributed by atoms with Crippen molar-refractivity contribution in [1.82, 2.24) is 15.2 Å². The van der Waals surface area contributed by atoms with Crippen molar-refractivity contribution in [3.8, 4) is 16.9 Å². The number of nitrogens with zero attached hydrogens (tertiary/aromatic N) is 2. The van der Waals surface area contributed by atoms with Crippen LogP contribution in [0.15, 0.2) is 103 Å². The van der Waals surface area contributed by atoms with Crippen molar-refractivity contribution in [2.75, 3.05) is 31.2 Å². The maximum atomic E-state index is 6.80. The monoisotopic (exact) mass is 651 g/mol. The van der Waals surface area contributed by atoms with Gasteiger partial charge in [-0.05, 0) is 107 Å². The highest BCUT2D eigenvalue weighted by Gasteiger charge is 2.43. The Morgan fingerprint density at radius 1 is 0.938 bits per heavy atom. The highest BCUT2D eigenvalue weighted by molar-refractivity contribution is 7.80. The van der Waals surface area contributed by atoms with Gasteiger partial charge in [0, 0.05) is 46.7 Å². The minimum atomic E-state index is -0.0465. The largest absolute Gasteiger partial charge is 0.497 e. The number of rotatable bonds is 7. The van der Waals surface area contributed by atoms with Crippen LogP contribution in [0.2, 0.25) is 0 Å². The van der Waals surface area contributed by atoms with Crippen LogP contribution >= 0.6 is 12.2 Å². The average Bonchev–Trinajstić information content (AvgIpc) is 3.13. The zero-order valence-corrected chi connectivity index (χ0v) is 28.3. The number of nitrogens with two attached hydrogens (primary N) is 1. The summed E-state index contributed by atoms with van der Waals surface area (Å²) in [5.74, 6) is 2.29. The number of pyridine rings is 1. The van der Waals surface area contributed by atoms with Gasteiger partial charge < -0.3 is 21.1 Å². The van der Waals surface area contributed by atoms with Gasteiger partial charge in [0.1, 0.15) is 5.75 Å². The van der Waals surface area contributed by atoms with Crippen LogP contribution in [0.1, 0.15) is 37.8 Å². The summed E-state index contributed by atoms with van der Waals surface area (Å²) >= 11 is 6.23. The average molecular weight is 652 g/mol. The smallest absolute Gasteiger partial charge is 0.171 e. The molecule has 4 N–H and O–H groups in total. The van der Waals surface area contributed by atoms with Crippen molar-refractivity contribution in [1.29, 1.82) is 0 Å². The van der Waals surface area contributed by atoms with Gasteiger partial charge in [0.05, 0.1) is 18.7 Å². The number of benzene rings is 5. The van der Waals surface area contributed by atoms with E-state index in [1.165, 1.54) is 18.4 Å². The van der Waals surface area contributed by atoms with E-state index in [0.29, 0.717) is 11.2 Å². The summed E-state index contributed by atoms with van der Waals surface area (Å²) in [7, 11) is 1.71. The molecule has 5 aromatic carbocycles. The van der Waals surface area contributed by atoms with E-state index in [4.69, 9.17) is 27.7 Å². The molecule has 0 aliphatic carbocycles. The van der Waals surface area contributed by atoms with Gasteiger partial charge in [-0.15, -0.1) is 0 Å². The number of hydrogen-bond acceptors (Lipinski definition) is 5. The van der Waals surface area contributed by atoms with E-state index in [-0.39, 0.29) is 6.04 Å². The molecule has 2 bridgehead atoms. The summed E-state index contributed by atoms with van der Waals surface area (Å²) < 4.78 is 5.66. The van der Waals surface area contributed by atoms with Crippen LogP contribution in [-0.4, -0.2) is 41.2 Å². The molecule has 3 aliphatic heterocycles. The molecule has 6 nitrogen and oxygen atoms in total. The molecule has 2 unspecified atom stereocenters. The molecule has 5 atom stereocenters. The topological polar surface area (TPSA) is 75.4 Å². The molecule has 0 saturated carbocycles. The lowest BCUT2D eigenvalue weighted by atomic mass is 9.72. The molecule has 9 rings (SSSR count). The molecule has 3 saturated heterocycles. The molecule has 3 fully saturated rings. The molecule has 4 heterocycles. The SMILES string of the molecule is CC[C@@H]1CN2CC[C@H]1CC2[C@@H](NC(=S)Nc1ccc2ccccc2c1-c1c(N)ccc2ccccc12)c1ccnc2ccc(OC)cc12. The molecular weight excluding hydrogens is 611 g/mol. The zero-order chi connectivity index (χ0) is 32.8. The zero-order valence-electron chi connectivity index (χ0n) is 27.4. The summed E-state index contributed by atoms with van der Waals surface area (Å²) in [5, 5.41) is 13.7. The van der Waals surface area contributed by atoms with Crippen LogP contribution in [0.25, 0.3) is 43.6 Å². The number of fused-ring (bicyclic) bond motifs is 6. The standard InChI is InChI=1S/C41H41N5OS/c1-3-25-24-46-21-19-28(25)22-37(46)40(32-18-20-43-35-17-14-29(47-2)23-33(32)35)45-41(48)44-36-16-13-27-9-5-7-11-31(27)39(36)38-30-10-6-4-8-26(30)12-15-34(38)42/h4-18,20,23,25,28,37,40H,3,19,21-22,24,42H2,1-2H3,(H2,44,45,48)/t25-,28+,37?,40+/m1/s1. The quantitative estimate of drug-likeness (QED) is 0.118. The predicted molar refractivity (Wildman–Crippen MR) is 204 cm³/mol. The maximum Gasteiger partial charge on any atom is 0.171 e. The summed E-state index contributed by atoms with van der Waals surface area (Å²) in [6.45, 7) is 4.58. The van der Waals surface area contributed by atoms with Gasteiger partial charge in [0.25, 0.3) is 0 Å². The molecule has 0 radical (unpaired) electrons. The van der Waals surface area contributed by atoms with E-state index in [1.54, 1.807) is 7.11 Å². The third-order valence-electron chi connectivity index (χ3n) is 10.8. The van der Waals surface area contributed by atoms with E-state index >= 15 is 0 Å². The number of nitrogens with one attached hydrogen (secondary N) is 2. The van der Waals surface area contributed by atoms with Gasteiger partial charge in [-0.2, -0.15) is 0 Å². The normalized spacial score (nSPS) is 21.0. The van der Waals surface area contributed by atoms with Crippen molar-refractivity contribution >= 4 is 61.2 Å². The first-order valence-electron chi connectivity index (χ1n) is 17.1. The number of thiocarbonyl (C=S) groups is 1. The van der Waals surface area contributed by atoms with Crippen LogP contribution < -0.4 is 21.1 Å². The highest BCUT2D eigenvalue weighted by atomic mass is 32.1. The first kappa shape index (κ1) is 30.6. The Kier molecular flexibility index (Phi) is 8.11. The number of aromatic nitrogens is 1. The van der Waals surface area contributed by atoms with E-state index < -0.39 is 0 Å². The molecule has 1 aromatic heterocycles. The lowest BCUT2D eigenvalue weighted by molar-refractivity contribution is -0.0132. The summed E-state index contributed by atoms with van der Waals surface area (Å²) in [6, 6.07) is 33.8. The van der Waals surface area contributed by atoms with E-state index in [9.17, 15) is 0 Å². The fraction of sp³-hybridized carbons (Fsp3) is 0.268. The van der Waals surface area contributed by atoms with Gasteiger partial charge in [-0.25, -0.2) is 0 Å². The Morgan fingerprint density at radius 3 is 2.42 bits per heavy atom. The summed E-state index contributed by atoms with van der Waals surface area (Å²) in [5.41, 5.74) is 12.7. The lowest BCUT2D eigenvalue weighted by Crippen LogP contribution is -2.58. The van der Waals surface area contributed by atoms with Gasteiger partial charge in [-0.1, -0.05) is 74.0 Å². The second-order valence-corrected chi connectivity index (χ2v) is 13.7. The minimum Gasteiger partial charge on any atom is -0.497 e. The Morgan fingerprint density at radius 2 is 1.69 bits per heavy atom. The number of piperidine rings is 3. The Balaban J connectivity index is 1.22. The Bertz CT molecular complexity index is 2170. The minimum absolute atomic E-state index is 0.0465. The third-order valence-corrected chi connectivity index (χ3v) is 11.1. The molecular formula is C41H41N5OS. The number of ether oxygens (including phenoxy) is 1. The van der Waals surface area contributed by atoms with Gasteiger partial charge in [-0.3, -0.25) is 9.88 Å². The van der Waals surface area contributed by atoms with Crippen LogP contribution in [0.3, 0.4) is 0 Å². The summed E-state index contributed by atoms with van der Waals surface area (Å²) in [4.78, 5) is 7.41. The second kappa shape index (κ2) is 12.7. The summed E-state index contributed by atoms with van der Waals surface area (Å²) in [6.07, 6.45) is 5.55. The Labute approximate surface area is 287 Å². The number of methoxy groups -OCH3 is 1. The molecule has 0 amide bonds. The van der Waals surface area contributed by atoms with Crippen molar-refractivity contribution in [2.45, 2.75) is 38.3 Å². The first-order valence-corrected chi connectivity index (χ1v) is 17.5. The molecule has 48 heavy (non-hydrogen) atoms. The predicted octanol–water partition coefficient (Wildman–Crippen LogP) is 8.95. The lowest BCUT2D eigenvalue weighted by Gasteiger charge is -2.52. The maximum absolute atomic E-state index is 6.80. The van der Waals surface area contributed by atoms with Crippen LogP contribution in [0.4, 0.5) is 11.4 Å².